The van der Waals surface area contributed by atoms with Crippen LogP contribution >= 0.6 is 0 Å². The van der Waals surface area contributed by atoms with Gasteiger partial charge in [-0.2, -0.15) is 4.98 Å². The SMILES string of the molecule is CC(C)c1noc(CN2Cc3ccccc3CC2C(N)=O)n1. The molecule has 1 unspecified atom stereocenters. The van der Waals surface area contributed by atoms with E-state index in [1.807, 2.05) is 36.9 Å². The molecule has 1 aliphatic heterocycles. The standard InChI is InChI=1S/C16H20N4O2/c1-10(2)16-18-14(22-19-16)9-20-8-12-6-4-3-5-11(12)7-13(20)15(17)21/h3-6,10,13H,7-9H2,1-2H3,(H2,17,21). The molecule has 1 atom stereocenters. The monoisotopic (exact) mass is 300 g/mol. The Kier molecular flexibility index (Phi) is 3.94. The zero-order valence-corrected chi connectivity index (χ0v) is 12.8. The van der Waals surface area contributed by atoms with E-state index in [2.05, 4.69) is 16.2 Å². The van der Waals surface area contributed by atoms with Gasteiger partial charge in [0.05, 0.1) is 12.6 Å². The lowest BCUT2D eigenvalue weighted by Gasteiger charge is -2.33. The van der Waals surface area contributed by atoms with Gasteiger partial charge >= 0.3 is 0 Å². The van der Waals surface area contributed by atoms with Gasteiger partial charge in [0, 0.05) is 12.5 Å². The lowest BCUT2D eigenvalue weighted by molar-refractivity contribution is -0.124. The minimum atomic E-state index is -0.343. The third-order valence-corrected chi connectivity index (χ3v) is 4.01. The second-order valence-corrected chi connectivity index (χ2v) is 6.00. The Labute approximate surface area is 129 Å². The second-order valence-electron chi connectivity index (χ2n) is 6.00. The van der Waals surface area contributed by atoms with Gasteiger partial charge in [-0.3, -0.25) is 9.69 Å². The van der Waals surface area contributed by atoms with Crippen LogP contribution in [0.3, 0.4) is 0 Å². The van der Waals surface area contributed by atoms with Gasteiger partial charge in [-0.05, 0) is 17.5 Å². The number of nitrogens with zero attached hydrogens (tertiary/aromatic N) is 3. The maximum atomic E-state index is 11.8. The molecule has 0 radical (unpaired) electrons. The van der Waals surface area contributed by atoms with E-state index in [4.69, 9.17) is 10.3 Å². The van der Waals surface area contributed by atoms with Crippen LogP contribution in [-0.4, -0.2) is 27.0 Å². The number of carbonyl (C=O) groups is 1. The fourth-order valence-corrected chi connectivity index (χ4v) is 2.76. The molecule has 0 spiro atoms. The molecule has 3 rings (SSSR count). The molecule has 1 amide bonds. The predicted octanol–water partition coefficient (Wildman–Crippen LogP) is 1.61. The number of rotatable bonds is 4. The summed E-state index contributed by atoms with van der Waals surface area (Å²) in [6.07, 6.45) is 0.622. The Morgan fingerprint density at radius 2 is 2.14 bits per heavy atom. The lowest BCUT2D eigenvalue weighted by atomic mass is 9.93. The highest BCUT2D eigenvalue weighted by Crippen LogP contribution is 2.24. The number of benzene rings is 1. The Morgan fingerprint density at radius 1 is 1.41 bits per heavy atom. The van der Waals surface area contributed by atoms with Crippen LogP contribution in [0, 0.1) is 0 Å². The summed E-state index contributed by atoms with van der Waals surface area (Å²) in [4.78, 5) is 18.2. The number of amides is 1. The number of primary amides is 1. The summed E-state index contributed by atoms with van der Waals surface area (Å²) in [5, 5.41) is 3.97. The Bertz CT molecular complexity index is 680. The quantitative estimate of drug-likeness (QED) is 0.927. The maximum Gasteiger partial charge on any atom is 0.240 e. The molecule has 2 heterocycles. The van der Waals surface area contributed by atoms with Crippen LogP contribution in [0.25, 0.3) is 0 Å². The molecule has 6 nitrogen and oxygen atoms in total. The first-order valence-electron chi connectivity index (χ1n) is 7.47. The van der Waals surface area contributed by atoms with Gasteiger partial charge in [-0.15, -0.1) is 0 Å². The van der Waals surface area contributed by atoms with Gasteiger partial charge in [0.25, 0.3) is 0 Å². The summed E-state index contributed by atoms with van der Waals surface area (Å²) in [5.74, 6) is 1.10. The van der Waals surface area contributed by atoms with E-state index in [-0.39, 0.29) is 17.9 Å². The van der Waals surface area contributed by atoms with E-state index >= 15 is 0 Å². The number of carbonyl (C=O) groups excluding carboxylic acids is 1. The minimum Gasteiger partial charge on any atom is -0.368 e. The molecule has 0 saturated carbocycles. The second kappa shape index (κ2) is 5.88. The van der Waals surface area contributed by atoms with Crippen LogP contribution in [0.15, 0.2) is 28.8 Å². The zero-order valence-electron chi connectivity index (χ0n) is 12.8. The third-order valence-electron chi connectivity index (χ3n) is 4.01. The molecule has 2 aromatic rings. The van der Waals surface area contributed by atoms with Crippen molar-refractivity contribution in [2.75, 3.05) is 0 Å². The topological polar surface area (TPSA) is 85.3 Å². The van der Waals surface area contributed by atoms with Crippen LogP contribution in [0.4, 0.5) is 0 Å². The smallest absolute Gasteiger partial charge is 0.240 e. The van der Waals surface area contributed by atoms with Crippen molar-refractivity contribution in [1.82, 2.24) is 15.0 Å². The molecular weight excluding hydrogens is 280 g/mol. The van der Waals surface area contributed by atoms with Gasteiger partial charge in [-0.1, -0.05) is 43.3 Å². The first kappa shape index (κ1) is 14.7. The molecule has 1 aromatic carbocycles. The van der Waals surface area contributed by atoms with E-state index < -0.39 is 0 Å². The summed E-state index contributed by atoms with van der Waals surface area (Å²) in [6, 6.07) is 7.77. The normalized spacial score (nSPS) is 18.4. The van der Waals surface area contributed by atoms with Crippen LogP contribution in [0.5, 0.6) is 0 Å². The van der Waals surface area contributed by atoms with E-state index in [1.165, 1.54) is 11.1 Å². The first-order valence-corrected chi connectivity index (χ1v) is 7.47. The van der Waals surface area contributed by atoms with Crippen LogP contribution in [0.1, 0.15) is 42.6 Å². The van der Waals surface area contributed by atoms with E-state index in [1.54, 1.807) is 0 Å². The molecule has 0 bridgehead atoms. The zero-order chi connectivity index (χ0) is 15.7. The molecule has 1 aromatic heterocycles. The van der Waals surface area contributed by atoms with Gasteiger partial charge in [-0.25, -0.2) is 0 Å². The maximum absolute atomic E-state index is 11.8. The minimum absolute atomic E-state index is 0.214. The number of hydrogen-bond acceptors (Lipinski definition) is 5. The van der Waals surface area contributed by atoms with Gasteiger partial charge in [0.2, 0.25) is 11.8 Å². The Balaban J connectivity index is 1.82. The Hall–Kier alpha value is -2.21. The van der Waals surface area contributed by atoms with Gasteiger partial charge in [0.15, 0.2) is 5.82 Å². The number of hydrogen-bond donors (Lipinski definition) is 1. The molecular formula is C16H20N4O2. The van der Waals surface area contributed by atoms with Gasteiger partial charge in [0.1, 0.15) is 0 Å². The van der Waals surface area contributed by atoms with Gasteiger partial charge < -0.3 is 10.3 Å². The van der Waals surface area contributed by atoms with E-state index in [0.717, 1.165) is 0 Å². The van der Waals surface area contributed by atoms with Crippen LogP contribution in [0.2, 0.25) is 0 Å². The third kappa shape index (κ3) is 2.87. The van der Waals surface area contributed by atoms with Crippen molar-refractivity contribution in [2.45, 2.75) is 45.3 Å². The molecule has 2 N–H and O–H groups in total. The summed E-state index contributed by atoms with van der Waals surface area (Å²) >= 11 is 0. The fourth-order valence-electron chi connectivity index (χ4n) is 2.76. The summed E-state index contributed by atoms with van der Waals surface area (Å²) in [5.41, 5.74) is 7.96. The average Bonchev–Trinajstić information content (AvgIpc) is 2.95. The molecule has 116 valence electrons. The molecule has 6 heteroatoms. The summed E-state index contributed by atoms with van der Waals surface area (Å²) in [6.45, 7) is 5.11. The molecule has 22 heavy (non-hydrogen) atoms. The largest absolute Gasteiger partial charge is 0.368 e. The van der Waals surface area contributed by atoms with Crippen molar-refractivity contribution in [1.29, 1.82) is 0 Å². The van der Waals surface area contributed by atoms with Crippen molar-refractivity contribution in [3.05, 3.63) is 47.1 Å². The fraction of sp³-hybridized carbons (Fsp3) is 0.438. The predicted molar refractivity (Wildman–Crippen MR) is 80.8 cm³/mol. The van der Waals surface area contributed by atoms with Crippen LogP contribution < -0.4 is 5.73 Å². The lowest BCUT2D eigenvalue weighted by Crippen LogP contribution is -2.48. The highest BCUT2D eigenvalue weighted by molar-refractivity contribution is 5.80. The van der Waals surface area contributed by atoms with Crippen molar-refractivity contribution >= 4 is 5.91 Å². The summed E-state index contributed by atoms with van der Waals surface area (Å²) < 4.78 is 5.29. The van der Waals surface area contributed by atoms with Crippen molar-refractivity contribution < 1.29 is 9.32 Å². The Morgan fingerprint density at radius 3 is 2.77 bits per heavy atom. The van der Waals surface area contributed by atoms with E-state index in [0.29, 0.717) is 31.2 Å². The molecule has 0 aliphatic carbocycles. The van der Waals surface area contributed by atoms with Crippen LogP contribution in [-0.2, 0) is 24.3 Å². The van der Waals surface area contributed by atoms with Crippen molar-refractivity contribution in [3.63, 3.8) is 0 Å². The average molecular weight is 300 g/mol. The molecule has 0 saturated heterocycles. The van der Waals surface area contributed by atoms with Crippen molar-refractivity contribution in [3.8, 4) is 0 Å². The number of aromatic nitrogens is 2. The van der Waals surface area contributed by atoms with E-state index in [9.17, 15) is 4.79 Å². The highest BCUT2D eigenvalue weighted by Gasteiger charge is 2.31. The molecule has 0 fully saturated rings. The molecule has 1 aliphatic rings. The highest BCUT2D eigenvalue weighted by atomic mass is 16.5. The number of fused-ring (bicyclic) bond motifs is 1. The first-order chi connectivity index (χ1) is 10.5. The summed E-state index contributed by atoms with van der Waals surface area (Å²) in [7, 11) is 0. The van der Waals surface area contributed by atoms with Crippen molar-refractivity contribution in [2.24, 2.45) is 5.73 Å². The number of nitrogens with two attached hydrogens (primary N) is 1.